The van der Waals surface area contributed by atoms with Gasteiger partial charge in [-0.25, -0.2) is 0 Å². The van der Waals surface area contributed by atoms with Gasteiger partial charge in [0.2, 0.25) is 0 Å². The van der Waals surface area contributed by atoms with E-state index in [0.29, 0.717) is 29.5 Å². The summed E-state index contributed by atoms with van der Waals surface area (Å²) < 4.78 is 17.9. The van der Waals surface area contributed by atoms with Crippen LogP contribution in [0, 0.1) is 29.1 Å². The first-order chi connectivity index (χ1) is 14.3. The lowest BCUT2D eigenvalue weighted by Crippen LogP contribution is -2.49. The van der Waals surface area contributed by atoms with Gasteiger partial charge in [-0.3, -0.25) is 0 Å². The Morgan fingerprint density at radius 2 is 1.43 bits per heavy atom. The average Bonchev–Trinajstić information content (AvgIpc) is 2.76. The highest BCUT2D eigenvalue weighted by atomic mass is 16.5. The zero-order valence-electron chi connectivity index (χ0n) is 20.4. The van der Waals surface area contributed by atoms with Crippen molar-refractivity contribution in [3.8, 4) is 0 Å². The summed E-state index contributed by atoms with van der Waals surface area (Å²) in [7, 11) is 3.70. The second kappa shape index (κ2) is 11.1. The lowest BCUT2D eigenvalue weighted by atomic mass is 9.70. The summed E-state index contributed by atoms with van der Waals surface area (Å²) in [6.45, 7) is 8.12. The van der Waals surface area contributed by atoms with Crippen LogP contribution >= 0.6 is 0 Å². The van der Waals surface area contributed by atoms with Crippen molar-refractivity contribution in [3.05, 3.63) is 0 Å². The second-order valence-corrected chi connectivity index (χ2v) is 11.6. The molecule has 0 heterocycles. The zero-order valence-corrected chi connectivity index (χ0v) is 20.4. The van der Waals surface area contributed by atoms with Crippen LogP contribution in [-0.2, 0) is 14.2 Å². The van der Waals surface area contributed by atoms with E-state index in [1.54, 1.807) is 0 Å². The molecule has 0 amide bonds. The minimum absolute atomic E-state index is 0.246. The maximum atomic E-state index is 6.80. The summed E-state index contributed by atoms with van der Waals surface area (Å²) in [5.74, 6) is 2.72. The molecule has 3 fully saturated rings. The van der Waals surface area contributed by atoms with Gasteiger partial charge in [-0.1, -0.05) is 20.8 Å². The molecule has 0 aromatic rings. The van der Waals surface area contributed by atoms with Crippen molar-refractivity contribution in [1.29, 1.82) is 0 Å². The van der Waals surface area contributed by atoms with E-state index in [1.807, 2.05) is 14.2 Å². The van der Waals surface area contributed by atoms with Crippen LogP contribution in [0.4, 0.5) is 0 Å². The van der Waals surface area contributed by atoms with Crippen molar-refractivity contribution in [2.75, 3.05) is 20.8 Å². The highest BCUT2D eigenvalue weighted by molar-refractivity contribution is 4.92. The summed E-state index contributed by atoms with van der Waals surface area (Å²) in [6, 6.07) is 0.251. The molecule has 30 heavy (non-hydrogen) atoms. The van der Waals surface area contributed by atoms with Crippen LogP contribution in [0.5, 0.6) is 0 Å². The minimum atomic E-state index is 0.246. The maximum absolute atomic E-state index is 6.80. The van der Waals surface area contributed by atoms with Crippen LogP contribution in [0.2, 0.25) is 0 Å². The molecule has 0 aliphatic heterocycles. The minimum Gasteiger partial charge on any atom is -0.381 e. The summed E-state index contributed by atoms with van der Waals surface area (Å²) in [5.41, 5.74) is 7.25. The molecule has 0 radical (unpaired) electrons. The lowest BCUT2D eigenvalue weighted by molar-refractivity contribution is -0.0777. The smallest absolute Gasteiger partial charge is 0.0639 e. The fourth-order valence-electron chi connectivity index (χ4n) is 6.50. The maximum Gasteiger partial charge on any atom is 0.0639 e. The number of methoxy groups -OCH3 is 2. The van der Waals surface area contributed by atoms with Crippen molar-refractivity contribution in [1.82, 2.24) is 0 Å². The van der Waals surface area contributed by atoms with Crippen LogP contribution in [0.3, 0.4) is 0 Å². The highest BCUT2D eigenvalue weighted by Crippen LogP contribution is 2.41. The van der Waals surface area contributed by atoms with E-state index in [0.717, 1.165) is 50.5 Å². The van der Waals surface area contributed by atoms with Gasteiger partial charge in [0.25, 0.3) is 0 Å². The Balaban J connectivity index is 1.41. The highest BCUT2D eigenvalue weighted by Gasteiger charge is 2.39. The van der Waals surface area contributed by atoms with Crippen molar-refractivity contribution >= 4 is 0 Å². The third-order valence-electron chi connectivity index (χ3n) is 8.83. The topological polar surface area (TPSA) is 53.7 Å². The van der Waals surface area contributed by atoms with E-state index in [1.165, 1.54) is 38.5 Å². The molecule has 4 atom stereocenters. The molecule has 3 saturated carbocycles. The third kappa shape index (κ3) is 6.43. The molecule has 3 aliphatic rings. The summed E-state index contributed by atoms with van der Waals surface area (Å²) >= 11 is 0. The molecule has 2 N–H and O–H groups in total. The molecule has 0 bridgehead atoms. The number of nitrogens with two attached hydrogens (primary N) is 1. The second-order valence-electron chi connectivity index (χ2n) is 11.6. The number of hydrogen-bond donors (Lipinski definition) is 1. The summed E-state index contributed by atoms with van der Waals surface area (Å²) in [4.78, 5) is 0. The molecule has 0 aromatic heterocycles. The molecular formula is C26H49NO3. The van der Waals surface area contributed by atoms with Gasteiger partial charge in [-0.15, -0.1) is 0 Å². The molecule has 0 spiro atoms. The SMILES string of the molecule is COC1CCC(C(N)C2CCC(OCC3CCC(C(C)(C)C)CC3)CC2OC)CC1. The fraction of sp³-hybridized carbons (Fsp3) is 1.00. The Hall–Kier alpha value is -0.160. The van der Waals surface area contributed by atoms with E-state index < -0.39 is 0 Å². The van der Waals surface area contributed by atoms with Crippen molar-refractivity contribution in [3.63, 3.8) is 0 Å². The predicted octanol–water partition coefficient (Wildman–Crippen LogP) is 5.57. The van der Waals surface area contributed by atoms with Crippen LogP contribution in [0.25, 0.3) is 0 Å². The molecular weight excluding hydrogens is 374 g/mol. The first-order valence-electron chi connectivity index (χ1n) is 12.7. The largest absolute Gasteiger partial charge is 0.381 e. The van der Waals surface area contributed by atoms with Gasteiger partial charge in [0, 0.05) is 39.2 Å². The Bertz CT molecular complexity index is 489. The van der Waals surface area contributed by atoms with Gasteiger partial charge in [0.15, 0.2) is 0 Å². The van der Waals surface area contributed by atoms with Crippen LogP contribution in [0.15, 0.2) is 0 Å². The normalized spacial score (nSPS) is 39.6. The van der Waals surface area contributed by atoms with Gasteiger partial charge in [0.1, 0.15) is 0 Å². The average molecular weight is 424 g/mol. The Kier molecular flexibility index (Phi) is 9.07. The number of hydrogen-bond acceptors (Lipinski definition) is 4. The molecule has 4 unspecified atom stereocenters. The van der Waals surface area contributed by atoms with E-state index in [-0.39, 0.29) is 12.1 Å². The first kappa shape index (κ1) is 24.5. The van der Waals surface area contributed by atoms with Crippen LogP contribution in [-0.4, -0.2) is 45.2 Å². The van der Waals surface area contributed by atoms with Crippen LogP contribution in [0.1, 0.15) is 91.4 Å². The molecule has 3 aliphatic carbocycles. The molecule has 0 aromatic carbocycles. The molecule has 176 valence electrons. The number of rotatable bonds is 7. The Labute approximate surface area is 186 Å². The van der Waals surface area contributed by atoms with Gasteiger partial charge < -0.3 is 19.9 Å². The summed E-state index contributed by atoms with van der Waals surface area (Å²) in [6.07, 6.45) is 14.4. The molecule has 0 saturated heterocycles. The Morgan fingerprint density at radius 1 is 0.800 bits per heavy atom. The molecule has 4 heteroatoms. The van der Waals surface area contributed by atoms with Crippen LogP contribution < -0.4 is 5.73 Å². The van der Waals surface area contributed by atoms with Crippen molar-refractivity contribution in [2.24, 2.45) is 34.8 Å². The fourth-order valence-corrected chi connectivity index (χ4v) is 6.50. The van der Waals surface area contributed by atoms with Gasteiger partial charge in [0.05, 0.1) is 18.3 Å². The van der Waals surface area contributed by atoms with Crippen molar-refractivity contribution < 1.29 is 14.2 Å². The first-order valence-corrected chi connectivity index (χ1v) is 12.7. The van der Waals surface area contributed by atoms with Gasteiger partial charge in [-0.05, 0) is 87.4 Å². The molecule has 4 nitrogen and oxygen atoms in total. The Morgan fingerprint density at radius 3 is 2.00 bits per heavy atom. The van der Waals surface area contributed by atoms with E-state index in [2.05, 4.69) is 20.8 Å². The van der Waals surface area contributed by atoms with E-state index in [9.17, 15) is 0 Å². The van der Waals surface area contributed by atoms with Crippen molar-refractivity contribution in [2.45, 2.75) is 116 Å². The number of ether oxygens (including phenoxy) is 3. The zero-order chi connectivity index (χ0) is 21.7. The van der Waals surface area contributed by atoms with Gasteiger partial charge >= 0.3 is 0 Å². The van der Waals surface area contributed by atoms with E-state index in [4.69, 9.17) is 19.9 Å². The third-order valence-corrected chi connectivity index (χ3v) is 8.83. The predicted molar refractivity (Wildman–Crippen MR) is 124 cm³/mol. The summed E-state index contributed by atoms with van der Waals surface area (Å²) in [5, 5.41) is 0. The van der Waals surface area contributed by atoms with E-state index >= 15 is 0 Å². The van der Waals surface area contributed by atoms with Gasteiger partial charge in [-0.2, -0.15) is 0 Å². The lowest BCUT2D eigenvalue weighted by Gasteiger charge is -2.42. The quantitative estimate of drug-likeness (QED) is 0.581. The molecule has 3 rings (SSSR count). The monoisotopic (exact) mass is 423 g/mol. The standard InChI is InChI=1S/C26H49NO3/c1-26(2,3)20-10-6-18(7-11-20)17-30-22-14-15-23(24(16-22)29-5)25(27)19-8-12-21(28-4)13-9-19/h18-25H,6-17,27H2,1-5H3.